The van der Waals surface area contributed by atoms with E-state index in [9.17, 15) is 0 Å². The van der Waals surface area contributed by atoms with Gasteiger partial charge in [-0.1, -0.05) is 34.2 Å². The van der Waals surface area contributed by atoms with E-state index in [1.165, 1.54) is 11.3 Å². The van der Waals surface area contributed by atoms with Crippen molar-refractivity contribution in [2.24, 2.45) is 0 Å². The maximum absolute atomic E-state index is 6.09. The molecule has 0 saturated heterocycles. The second-order valence-electron chi connectivity index (χ2n) is 5.78. The second kappa shape index (κ2) is 6.22. The Morgan fingerprint density at radius 2 is 1.89 bits per heavy atom. The molecular weight excluding hydrogens is 384 g/mol. The van der Waals surface area contributed by atoms with Crippen LogP contribution in [-0.2, 0) is 0 Å². The molecule has 4 aromatic heterocycles. The van der Waals surface area contributed by atoms with Crippen LogP contribution in [0.1, 0.15) is 5.69 Å². The Labute approximate surface area is 162 Å². The number of benzene rings is 1. The molecule has 5 aromatic rings. The van der Waals surface area contributed by atoms with Gasteiger partial charge in [0.05, 0.1) is 11.4 Å². The molecule has 0 atom stereocenters. The number of rotatable bonds is 3. The van der Waals surface area contributed by atoms with Gasteiger partial charge in [0.2, 0.25) is 4.96 Å². The fourth-order valence-electron chi connectivity index (χ4n) is 2.77. The highest BCUT2D eigenvalue weighted by Gasteiger charge is 2.19. The van der Waals surface area contributed by atoms with Gasteiger partial charge >= 0.3 is 0 Å². The first-order valence-electron chi connectivity index (χ1n) is 8.02. The number of fused-ring (bicyclic) bond motifs is 1. The molecule has 0 fully saturated rings. The van der Waals surface area contributed by atoms with E-state index in [1.807, 2.05) is 43.3 Å². The van der Waals surface area contributed by atoms with E-state index in [-0.39, 0.29) is 0 Å². The van der Waals surface area contributed by atoms with Crippen LogP contribution in [0.2, 0.25) is 5.02 Å². The van der Waals surface area contributed by atoms with Crippen molar-refractivity contribution in [1.82, 2.24) is 39.8 Å². The first-order valence-corrected chi connectivity index (χ1v) is 9.21. The van der Waals surface area contributed by atoms with E-state index in [0.29, 0.717) is 21.5 Å². The first kappa shape index (κ1) is 16.0. The maximum atomic E-state index is 6.09. The molecule has 5 rings (SSSR count). The van der Waals surface area contributed by atoms with Crippen molar-refractivity contribution in [2.75, 3.05) is 0 Å². The van der Waals surface area contributed by atoms with Crippen LogP contribution < -0.4 is 0 Å². The zero-order valence-corrected chi connectivity index (χ0v) is 15.6. The molecule has 0 amide bonds. The molecule has 0 unspecified atom stereocenters. The Kier molecular flexibility index (Phi) is 3.69. The minimum Gasteiger partial charge on any atom is -0.265 e. The van der Waals surface area contributed by atoms with Crippen molar-refractivity contribution in [2.45, 2.75) is 6.92 Å². The summed E-state index contributed by atoms with van der Waals surface area (Å²) in [4.78, 5) is 4.72. The van der Waals surface area contributed by atoms with Crippen LogP contribution in [-0.4, -0.2) is 39.8 Å². The van der Waals surface area contributed by atoms with E-state index in [4.69, 9.17) is 11.6 Å². The van der Waals surface area contributed by atoms with Crippen molar-refractivity contribution in [3.63, 3.8) is 0 Å². The summed E-state index contributed by atoms with van der Waals surface area (Å²) >= 11 is 7.50. The number of hydrogen-bond donors (Lipinski definition) is 0. The molecule has 10 heteroatoms. The predicted octanol–water partition coefficient (Wildman–Crippen LogP) is 3.46. The molecule has 1 aromatic carbocycles. The van der Waals surface area contributed by atoms with Crippen LogP contribution in [0.4, 0.5) is 0 Å². The highest BCUT2D eigenvalue weighted by Crippen LogP contribution is 2.29. The van der Waals surface area contributed by atoms with Crippen molar-refractivity contribution in [3.05, 3.63) is 59.5 Å². The maximum Gasteiger partial charge on any atom is 0.235 e. The lowest BCUT2D eigenvalue weighted by atomic mass is 10.2. The topological polar surface area (TPSA) is 86.7 Å². The van der Waals surface area contributed by atoms with Crippen LogP contribution in [0.5, 0.6) is 0 Å². The van der Waals surface area contributed by atoms with Gasteiger partial charge in [-0.05, 0) is 37.3 Å². The standard InChI is InChI=1S/C17H11ClN8S/c1-10-14(20-24-25(10)13-4-2-3-12(18)9-13)16-23-26-15(21-22-17(26)27-16)11-5-7-19-8-6-11/h2-9H,1H3. The lowest BCUT2D eigenvalue weighted by molar-refractivity contribution is 0.785. The average Bonchev–Trinajstić information content (AvgIpc) is 3.36. The average molecular weight is 395 g/mol. The molecule has 0 aliphatic carbocycles. The Morgan fingerprint density at radius 3 is 2.70 bits per heavy atom. The van der Waals surface area contributed by atoms with Crippen LogP contribution in [0, 0.1) is 6.92 Å². The van der Waals surface area contributed by atoms with Crippen LogP contribution in [0.3, 0.4) is 0 Å². The third-order valence-electron chi connectivity index (χ3n) is 4.08. The predicted molar refractivity (Wildman–Crippen MR) is 102 cm³/mol. The smallest absolute Gasteiger partial charge is 0.235 e. The fourth-order valence-corrected chi connectivity index (χ4v) is 3.83. The van der Waals surface area contributed by atoms with Crippen molar-refractivity contribution < 1.29 is 0 Å². The lowest BCUT2D eigenvalue weighted by Gasteiger charge is -2.03. The van der Waals surface area contributed by atoms with Gasteiger partial charge in [-0.3, -0.25) is 4.98 Å². The molecule has 8 nitrogen and oxygen atoms in total. The molecule has 0 saturated carbocycles. The van der Waals surface area contributed by atoms with Gasteiger partial charge in [-0.25, -0.2) is 4.68 Å². The Morgan fingerprint density at radius 1 is 1.04 bits per heavy atom. The van der Waals surface area contributed by atoms with E-state index >= 15 is 0 Å². The van der Waals surface area contributed by atoms with Gasteiger partial charge < -0.3 is 0 Å². The lowest BCUT2D eigenvalue weighted by Crippen LogP contribution is -1.98. The van der Waals surface area contributed by atoms with E-state index in [2.05, 4.69) is 30.6 Å². The monoisotopic (exact) mass is 394 g/mol. The molecule has 0 aliphatic rings. The van der Waals surface area contributed by atoms with E-state index in [0.717, 1.165) is 22.0 Å². The van der Waals surface area contributed by atoms with Crippen molar-refractivity contribution >= 4 is 27.9 Å². The normalized spacial score (nSPS) is 11.3. The second-order valence-corrected chi connectivity index (χ2v) is 7.17. The summed E-state index contributed by atoms with van der Waals surface area (Å²) in [5.74, 6) is 0.662. The summed E-state index contributed by atoms with van der Waals surface area (Å²) in [6.45, 7) is 1.95. The summed E-state index contributed by atoms with van der Waals surface area (Å²) in [6, 6.07) is 11.2. The minimum absolute atomic E-state index is 0.643. The van der Waals surface area contributed by atoms with Gasteiger partial charge in [0.1, 0.15) is 5.69 Å². The first-order chi connectivity index (χ1) is 13.2. The highest BCUT2D eigenvalue weighted by atomic mass is 35.5. The fraction of sp³-hybridized carbons (Fsp3) is 0.0588. The van der Waals surface area contributed by atoms with Gasteiger partial charge in [0.25, 0.3) is 0 Å². The molecule has 0 N–H and O–H groups in total. The Bertz CT molecular complexity index is 1260. The zero-order valence-electron chi connectivity index (χ0n) is 14.0. The largest absolute Gasteiger partial charge is 0.265 e. The summed E-state index contributed by atoms with van der Waals surface area (Å²) in [7, 11) is 0. The molecular formula is C17H11ClN8S. The molecule has 132 valence electrons. The summed E-state index contributed by atoms with van der Waals surface area (Å²) in [6.07, 6.45) is 3.43. The molecule has 0 radical (unpaired) electrons. The van der Waals surface area contributed by atoms with E-state index < -0.39 is 0 Å². The Hall–Kier alpha value is -3.17. The molecule has 0 spiro atoms. The SMILES string of the molecule is Cc1c(-c2nn3c(-c4ccncc4)nnc3s2)nnn1-c1cccc(Cl)c1. The zero-order chi connectivity index (χ0) is 18.4. The number of pyridine rings is 1. The van der Waals surface area contributed by atoms with Gasteiger partial charge in [-0.2, -0.15) is 9.61 Å². The van der Waals surface area contributed by atoms with E-state index in [1.54, 1.807) is 21.6 Å². The third kappa shape index (κ3) is 2.68. The highest BCUT2D eigenvalue weighted by molar-refractivity contribution is 7.19. The molecule has 27 heavy (non-hydrogen) atoms. The molecule has 4 heterocycles. The third-order valence-corrected chi connectivity index (χ3v) is 5.22. The number of halogens is 1. The summed E-state index contributed by atoms with van der Waals surface area (Å²) in [5.41, 5.74) is 3.31. The summed E-state index contributed by atoms with van der Waals surface area (Å²) < 4.78 is 3.46. The molecule has 0 bridgehead atoms. The van der Waals surface area contributed by atoms with Gasteiger partial charge in [-0.15, -0.1) is 15.3 Å². The van der Waals surface area contributed by atoms with Gasteiger partial charge in [0.15, 0.2) is 10.8 Å². The summed E-state index contributed by atoms with van der Waals surface area (Å²) in [5, 5.41) is 23.0. The quantitative estimate of drug-likeness (QED) is 0.465. The molecule has 0 aliphatic heterocycles. The van der Waals surface area contributed by atoms with Gasteiger partial charge in [0, 0.05) is 23.0 Å². The number of aromatic nitrogens is 8. The minimum atomic E-state index is 0.643. The van der Waals surface area contributed by atoms with Crippen LogP contribution in [0.15, 0.2) is 48.8 Å². The van der Waals surface area contributed by atoms with Crippen LogP contribution >= 0.6 is 22.9 Å². The van der Waals surface area contributed by atoms with Crippen LogP contribution in [0.25, 0.3) is 32.7 Å². The Balaban J connectivity index is 1.60. The number of nitrogens with zero attached hydrogens (tertiary/aromatic N) is 8. The number of hydrogen-bond acceptors (Lipinski definition) is 7. The van der Waals surface area contributed by atoms with Crippen molar-refractivity contribution in [3.8, 4) is 27.8 Å². The van der Waals surface area contributed by atoms with Crippen molar-refractivity contribution in [1.29, 1.82) is 0 Å².